The molecule has 0 radical (unpaired) electrons. The Balaban J connectivity index is 2.03. The van der Waals surface area contributed by atoms with E-state index >= 15 is 0 Å². The minimum atomic E-state index is 0.268. The molecule has 2 nitrogen and oxygen atoms in total. The first-order chi connectivity index (χ1) is 8.70. The number of nitrogens with two attached hydrogens (primary N) is 1. The second-order valence-electron chi connectivity index (χ2n) is 5.74. The summed E-state index contributed by atoms with van der Waals surface area (Å²) in [6, 6.07) is 4.60. The van der Waals surface area contributed by atoms with Crippen LogP contribution in [0, 0.1) is 5.41 Å². The highest BCUT2D eigenvalue weighted by Crippen LogP contribution is 2.43. The van der Waals surface area contributed by atoms with Crippen LogP contribution in [0.25, 0.3) is 0 Å². The maximum Gasteiger partial charge on any atom is 0.0419 e. The van der Waals surface area contributed by atoms with Crippen LogP contribution in [0.1, 0.15) is 57.2 Å². The average molecular weight is 246 g/mol. The van der Waals surface area contributed by atoms with Crippen molar-refractivity contribution in [2.75, 3.05) is 0 Å². The van der Waals surface area contributed by atoms with Crippen LogP contribution in [0.2, 0.25) is 0 Å². The van der Waals surface area contributed by atoms with E-state index in [-0.39, 0.29) is 6.04 Å². The lowest BCUT2D eigenvalue weighted by Crippen LogP contribution is -2.41. The Labute approximate surface area is 111 Å². The van der Waals surface area contributed by atoms with Crippen molar-refractivity contribution in [3.63, 3.8) is 0 Å². The molecule has 100 valence electrons. The van der Waals surface area contributed by atoms with Crippen molar-refractivity contribution in [2.45, 2.75) is 64.8 Å². The summed E-state index contributed by atoms with van der Waals surface area (Å²) in [5.41, 5.74) is 9.32. The Morgan fingerprint density at radius 3 is 2.50 bits per heavy atom. The van der Waals surface area contributed by atoms with Crippen LogP contribution in [-0.4, -0.2) is 11.0 Å². The zero-order valence-electron chi connectivity index (χ0n) is 11.8. The van der Waals surface area contributed by atoms with Crippen molar-refractivity contribution in [3.8, 4) is 0 Å². The number of aromatic nitrogens is 1. The minimum absolute atomic E-state index is 0.268. The quantitative estimate of drug-likeness (QED) is 0.864. The molecule has 1 aromatic heterocycles. The normalized spacial score (nSPS) is 19.9. The van der Waals surface area contributed by atoms with Gasteiger partial charge in [0.25, 0.3) is 0 Å². The van der Waals surface area contributed by atoms with E-state index < -0.39 is 0 Å². The van der Waals surface area contributed by atoms with E-state index in [0.29, 0.717) is 5.41 Å². The van der Waals surface area contributed by atoms with Gasteiger partial charge in [0.05, 0.1) is 0 Å². The van der Waals surface area contributed by atoms with Gasteiger partial charge in [-0.3, -0.25) is 4.98 Å². The molecule has 1 heterocycles. The molecule has 0 bridgehead atoms. The highest BCUT2D eigenvalue weighted by Gasteiger charge is 2.37. The standard InChI is InChI=1S/C16H26N2/c1-3-13-7-8-14(18-12-13)11-15(17)16(4-2)9-5-6-10-16/h7-8,12,15H,3-6,9-11,17H2,1-2H3. The molecular formula is C16H26N2. The highest BCUT2D eigenvalue weighted by molar-refractivity contribution is 5.15. The van der Waals surface area contributed by atoms with Gasteiger partial charge in [-0.15, -0.1) is 0 Å². The maximum atomic E-state index is 6.49. The predicted molar refractivity (Wildman–Crippen MR) is 76.5 cm³/mol. The molecular weight excluding hydrogens is 220 g/mol. The van der Waals surface area contributed by atoms with E-state index in [0.717, 1.165) is 18.5 Å². The van der Waals surface area contributed by atoms with Gasteiger partial charge in [0.15, 0.2) is 0 Å². The summed E-state index contributed by atoms with van der Waals surface area (Å²) >= 11 is 0. The van der Waals surface area contributed by atoms with Crippen molar-refractivity contribution >= 4 is 0 Å². The summed E-state index contributed by atoms with van der Waals surface area (Å²) in [6.45, 7) is 4.45. The van der Waals surface area contributed by atoms with Gasteiger partial charge in [-0.1, -0.05) is 32.8 Å². The fourth-order valence-corrected chi connectivity index (χ4v) is 3.29. The molecule has 1 saturated carbocycles. The van der Waals surface area contributed by atoms with E-state index in [1.165, 1.54) is 37.7 Å². The van der Waals surface area contributed by atoms with Crippen LogP contribution >= 0.6 is 0 Å². The van der Waals surface area contributed by atoms with Gasteiger partial charge in [0, 0.05) is 24.4 Å². The first-order valence-electron chi connectivity index (χ1n) is 7.39. The van der Waals surface area contributed by atoms with Gasteiger partial charge in [-0.05, 0) is 42.7 Å². The van der Waals surface area contributed by atoms with E-state index in [1.54, 1.807) is 0 Å². The van der Waals surface area contributed by atoms with Gasteiger partial charge < -0.3 is 5.73 Å². The van der Waals surface area contributed by atoms with E-state index in [9.17, 15) is 0 Å². The van der Waals surface area contributed by atoms with Crippen molar-refractivity contribution in [1.29, 1.82) is 0 Å². The van der Waals surface area contributed by atoms with Crippen LogP contribution in [0.15, 0.2) is 18.3 Å². The number of hydrogen-bond acceptors (Lipinski definition) is 2. The maximum absolute atomic E-state index is 6.49. The van der Waals surface area contributed by atoms with Crippen molar-refractivity contribution in [3.05, 3.63) is 29.6 Å². The Bertz CT molecular complexity index is 363. The summed E-state index contributed by atoms with van der Waals surface area (Å²) in [5.74, 6) is 0. The molecule has 0 aromatic carbocycles. The summed E-state index contributed by atoms with van der Waals surface area (Å²) < 4.78 is 0. The lowest BCUT2D eigenvalue weighted by atomic mass is 9.75. The summed E-state index contributed by atoms with van der Waals surface area (Å²) in [4.78, 5) is 4.55. The van der Waals surface area contributed by atoms with E-state index in [4.69, 9.17) is 5.73 Å². The molecule has 2 rings (SSSR count). The summed E-state index contributed by atoms with van der Waals surface area (Å²) in [7, 11) is 0. The van der Waals surface area contributed by atoms with Crippen molar-refractivity contribution in [2.24, 2.45) is 11.1 Å². The molecule has 0 saturated heterocycles. The molecule has 1 unspecified atom stereocenters. The fraction of sp³-hybridized carbons (Fsp3) is 0.688. The van der Waals surface area contributed by atoms with Gasteiger partial charge >= 0.3 is 0 Å². The van der Waals surface area contributed by atoms with E-state index in [1.807, 2.05) is 6.20 Å². The first-order valence-corrected chi connectivity index (χ1v) is 7.39. The third-order valence-electron chi connectivity index (χ3n) is 4.81. The van der Waals surface area contributed by atoms with Crippen LogP contribution in [-0.2, 0) is 12.8 Å². The molecule has 1 aliphatic carbocycles. The van der Waals surface area contributed by atoms with Gasteiger partial charge in [0.2, 0.25) is 0 Å². The molecule has 0 amide bonds. The van der Waals surface area contributed by atoms with Crippen molar-refractivity contribution in [1.82, 2.24) is 4.98 Å². The Kier molecular flexibility index (Phi) is 4.39. The highest BCUT2D eigenvalue weighted by atomic mass is 14.7. The third kappa shape index (κ3) is 2.74. The molecule has 1 fully saturated rings. The minimum Gasteiger partial charge on any atom is -0.327 e. The molecule has 1 aliphatic rings. The lowest BCUT2D eigenvalue weighted by molar-refractivity contribution is 0.218. The van der Waals surface area contributed by atoms with Crippen molar-refractivity contribution < 1.29 is 0 Å². The molecule has 2 N–H and O–H groups in total. The third-order valence-corrected chi connectivity index (χ3v) is 4.81. The SMILES string of the molecule is CCc1ccc(CC(N)C2(CC)CCCC2)nc1. The average Bonchev–Trinajstić information content (AvgIpc) is 2.89. The van der Waals surface area contributed by atoms with Crippen LogP contribution in [0.5, 0.6) is 0 Å². The number of pyridine rings is 1. The second kappa shape index (κ2) is 5.83. The zero-order valence-corrected chi connectivity index (χ0v) is 11.8. The predicted octanol–water partition coefficient (Wildman–Crippen LogP) is 3.48. The lowest BCUT2D eigenvalue weighted by Gasteiger charge is -2.34. The largest absolute Gasteiger partial charge is 0.327 e. The Morgan fingerprint density at radius 1 is 1.28 bits per heavy atom. The molecule has 1 atom stereocenters. The van der Waals surface area contributed by atoms with Crippen LogP contribution < -0.4 is 5.73 Å². The first kappa shape index (κ1) is 13.5. The second-order valence-corrected chi connectivity index (χ2v) is 5.74. The molecule has 0 aliphatic heterocycles. The summed E-state index contributed by atoms with van der Waals surface area (Å²) in [5, 5.41) is 0. The molecule has 0 spiro atoms. The van der Waals surface area contributed by atoms with Gasteiger partial charge in [-0.2, -0.15) is 0 Å². The molecule has 18 heavy (non-hydrogen) atoms. The number of rotatable bonds is 5. The van der Waals surface area contributed by atoms with E-state index in [2.05, 4.69) is 31.0 Å². The van der Waals surface area contributed by atoms with Crippen LogP contribution in [0.4, 0.5) is 0 Å². The fourth-order valence-electron chi connectivity index (χ4n) is 3.29. The van der Waals surface area contributed by atoms with Gasteiger partial charge in [-0.25, -0.2) is 0 Å². The summed E-state index contributed by atoms with van der Waals surface area (Å²) in [6.07, 6.45) is 10.5. The Morgan fingerprint density at radius 2 is 2.00 bits per heavy atom. The molecule has 2 heteroatoms. The zero-order chi connectivity index (χ0) is 13.0. The molecule has 1 aromatic rings. The van der Waals surface area contributed by atoms with Gasteiger partial charge in [0.1, 0.15) is 0 Å². The van der Waals surface area contributed by atoms with Crippen LogP contribution in [0.3, 0.4) is 0 Å². The number of nitrogens with zero attached hydrogens (tertiary/aromatic N) is 1. The Hall–Kier alpha value is -0.890. The number of aryl methyl sites for hydroxylation is 1. The topological polar surface area (TPSA) is 38.9 Å². The monoisotopic (exact) mass is 246 g/mol. The number of hydrogen-bond donors (Lipinski definition) is 1. The smallest absolute Gasteiger partial charge is 0.0419 e.